The van der Waals surface area contributed by atoms with Crippen LogP contribution in [-0.2, 0) is 19.1 Å². The van der Waals surface area contributed by atoms with Crippen LogP contribution >= 0.6 is 0 Å². The molecule has 0 saturated carbocycles. The van der Waals surface area contributed by atoms with Gasteiger partial charge in [-0.15, -0.1) is 0 Å². The van der Waals surface area contributed by atoms with Gasteiger partial charge in [0, 0.05) is 40.9 Å². The lowest BCUT2D eigenvalue weighted by Gasteiger charge is -2.62. The van der Waals surface area contributed by atoms with Crippen molar-refractivity contribution in [1.29, 1.82) is 0 Å². The van der Waals surface area contributed by atoms with E-state index in [4.69, 9.17) is 15.2 Å². The third kappa shape index (κ3) is 3.33. The number of nitrogens with two attached hydrogens (primary N) is 1. The number of amides is 1. The van der Waals surface area contributed by atoms with Crippen LogP contribution in [0, 0.1) is 6.92 Å². The van der Waals surface area contributed by atoms with E-state index >= 15 is 0 Å². The van der Waals surface area contributed by atoms with E-state index in [1.165, 1.54) is 14.2 Å². The normalized spacial score (nSPS) is 32.2. The lowest BCUT2D eigenvalue weighted by atomic mass is 9.73. The summed E-state index contributed by atoms with van der Waals surface area (Å²) < 4.78 is 10.9. The molecule has 6 rings (SSSR count). The van der Waals surface area contributed by atoms with Crippen molar-refractivity contribution in [3.05, 3.63) is 45.2 Å². The van der Waals surface area contributed by atoms with Gasteiger partial charge in [-0.2, -0.15) is 0 Å². The van der Waals surface area contributed by atoms with E-state index in [9.17, 15) is 24.6 Å². The molecule has 0 bridgehead atoms. The number of aliphatic hydroxyl groups is 1. The first kappa shape index (κ1) is 26.0. The lowest BCUT2D eigenvalue weighted by molar-refractivity contribution is -0.213. The Balaban J connectivity index is 1.51. The number of hydrogen-bond donors (Lipinski definition) is 4. The molecular weight excluding hydrogens is 504 g/mol. The number of allylic oxidation sites excluding steroid dienone is 2. The fourth-order valence-electron chi connectivity index (χ4n) is 7.53. The number of phenols is 1. The van der Waals surface area contributed by atoms with Gasteiger partial charge in [-0.05, 0) is 44.7 Å². The fraction of sp³-hybridized carbons (Fsp3) is 0.536. The Morgan fingerprint density at radius 2 is 1.90 bits per heavy atom. The second-order valence-corrected chi connectivity index (χ2v) is 11.2. The molecule has 11 heteroatoms. The highest BCUT2D eigenvalue weighted by Gasteiger charge is 2.64. The van der Waals surface area contributed by atoms with Crippen molar-refractivity contribution in [3.63, 3.8) is 0 Å². The fourth-order valence-corrected chi connectivity index (χ4v) is 7.53. The van der Waals surface area contributed by atoms with Crippen LogP contribution in [-0.4, -0.2) is 88.6 Å². The molecule has 2 fully saturated rings. The highest BCUT2D eigenvalue weighted by molar-refractivity contribution is 6.25. The summed E-state index contributed by atoms with van der Waals surface area (Å²) in [4.78, 5) is 43.9. The van der Waals surface area contributed by atoms with Gasteiger partial charge >= 0.3 is 0 Å². The Labute approximate surface area is 226 Å². The number of methoxy groups -OCH3 is 2. The topological polar surface area (TPSA) is 155 Å². The molecular formula is C28H34N4O7. The summed E-state index contributed by atoms with van der Waals surface area (Å²) in [5.41, 5.74) is 9.14. The molecule has 1 aromatic carbocycles. The number of rotatable bonds is 5. The Morgan fingerprint density at radius 3 is 2.54 bits per heavy atom. The summed E-state index contributed by atoms with van der Waals surface area (Å²) >= 11 is 0. The minimum absolute atomic E-state index is 0.0263. The molecule has 1 unspecified atom stereocenters. The van der Waals surface area contributed by atoms with Crippen molar-refractivity contribution in [3.8, 4) is 11.5 Å². The number of carbonyl (C=O) groups excluding carboxylic acids is 3. The van der Waals surface area contributed by atoms with Crippen LogP contribution in [0.5, 0.6) is 11.5 Å². The molecule has 1 amide bonds. The Morgan fingerprint density at radius 1 is 1.18 bits per heavy atom. The van der Waals surface area contributed by atoms with Gasteiger partial charge in [-0.1, -0.05) is 6.07 Å². The third-order valence-corrected chi connectivity index (χ3v) is 9.22. The van der Waals surface area contributed by atoms with E-state index in [1.54, 1.807) is 13.8 Å². The van der Waals surface area contributed by atoms with Gasteiger partial charge in [0.05, 0.1) is 38.4 Å². The molecule has 5 N–H and O–H groups in total. The number of nitrogens with zero attached hydrogens (tertiary/aromatic N) is 2. The maximum atomic E-state index is 13.7. The van der Waals surface area contributed by atoms with E-state index in [1.807, 2.05) is 17.9 Å². The largest absolute Gasteiger partial charge is 0.504 e. The van der Waals surface area contributed by atoms with Crippen molar-refractivity contribution >= 4 is 17.5 Å². The molecule has 39 heavy (non-hydrogen) atoms. The van der Waals surface area contributed by atoms with Gasteiger partial charge < -0.3 is 30.7 Å². The number of phenolic OH excluding ortho intramolecular Hbond substituents is 1. The van der Waals surface area contributed by atoms with Crippen LogP contribution < -0.4 is 15.8 Å². The van der Waals surface area contributed by atoms with Crippen molar-refractivity contribution in [2.24, 2.45) is 5.73 Å². The van der Waals surface area contributed by atoms with Gasteiger partial charge in [0.15, 0.2) is 23.0 Å². The van der Waals surface area contributed by atoms with Crippen LogP contribution in [0.4, 0.5) is 0 Å². The molecule has 0 spiro atoms. The first-order valence-corrected chi connectivity index (χ1v) is 13.3. The molecule has 0 radical (unpaired) electrons. The molecule has 1 aliphatic carbocycles. The Bertz CT molecular complexity index is 1380. The zero-order valence-electron chi connectivity index (χ0n) is 22.6. The SMILES string of the molecule is COC1=C(C)C(=O)C2=C(C1=O)[C@H](CNC(=O)[C@H](C)N)N1[C@@H](O)[C@@H]3CC4c5cc(C)c(OC)c(O)c5[C@@H]([C@@H]1C2)N43. The molecule has 5 aliphatic rings. The van der Waals surface area contributed by atoms with Gasteiger partial charge in [0.25, 0.3) is 0 Å². The van der Waals surface area contributed by atoms with Crippen molar-refractivity contribution in [1.82, 2.24) is 15.1 Å². The summed E-state index contributed by atoms with van der Waals surface area (Å²) in [6.45, 7) is 4.99. The zero-order valence-corrected chi connectivity index (χ0v) is 22.6. The highest BCUT2D eigenvalue weighted by Crippen LogP contribution is 2.63. The minimum Gasteiger partial charge on any atom is -0.504 e. The third-order valence-electron chi connectivity index (χ3n) is 9.22. The van der Waals surface area contributed by atoms with Crippen LogP contribution in [0.25, 0.3) is 0 Å². The summed E-state index contributed by atoms with van der Waals surface area (Å²) in [5, 5.41) is 25.9. The molecule has 11 nitrogen and oxygen atoms in total. The summed E-state index contributed by atoms with van der Waals surface area (Å²) in [6, 6.07) is -0.574. The monoisotopic (exact) mass is 538 g/mol. The second kappa shape index (κ2) is 8.88. The number of ether oxygens (including phenoxy) is 2. The number of benzene rings is 1. The predicted molar refractivity (Wildman–Crippen MR) is 139 cm³/mol. The van der Waals surface area contributed by atoms with Crippen LogP contribution in [0.15, 0.2) is 28.5 Å². The number of carbonyl (C=O) groups is 3. The first-order valence-electron chi connectivity index (χ1n) is 13.3. The summed E-state index contributed by atoms with van der Waals surface area (Å²) in [6.07, 6.45) is -0.105. The van der Waals surface area contributed by atoms with E-state index in [0.717, 1.165) is 16.7 Å². The quantitative estimate of drug-likeness (QED) is 0.389. The zero-order chi connectivity index (χ0) is 28.1. The number of aromatic hydroxyl groups is 1. The van der Waals surface area contributed by atoms with E-state index < -0.39 is 36.0 Å². The number of aliphatic hydroxyl groups excluding tert-OH is 1. The number of aryl methyl sites for hydroxylation is 1. The highest BCUT2D eigenvalue weighted by atomic mass is 16.5. The first-order chi connectivity index (χ1) is 18.5. The van der Waals surface area contributed by atoms with E-state index in [0.29, 0.717) is 17.7 Å². The van der Waals surface area contributed by atoms with Gasteiger partial charge in [-0.25, -0.2) is 0 Å². The number of hydrogen-bond acceptors (Lipinski definition) is 10. The number of piperazine rings is 1. The summed E-state index contributed by atoms with van der Waals surface area (Å²) in [7, 11) is 2.87. The van der Waals surface area contributed by atoms with E-state index in [2.05, 4.69) is 10.2 Å². The Kier molecular flexibility index (Phi) is 5.92. The average molecular weight is 539 g/mol. The van der Waals surface area contributed by atoms with Crippen LogP contribution in [0.1, 0.15) is 55.5 Å². The average Bonchev–Trinajstić information content (AvgIpc) is 3.14. The standard InChI is InChI=1S/C28H34N4O7/c1-10-6-13-15-8-17-28(37)32-16(21(31(15)17)20(13)24(35)25(10)38-4)7-14-19(18(32)9-30-27(36)12(3)29)23(34)26(39-5)11(2)22(14)33/h6,12,15-18,21,28,35,37H,7-9,29H2,1-5H3,(H,30,36)/t12-,15?,16-,17-,18-,21+,28-/m0/s1. The lowest BCUT2D eigenvalue weighted by Crippen LogP contribution is -2.73. The molecule has 4 heterocycles. The number of ketones is 2. The van der Waals surface area contributed by atoms with Crippen LogP contribution in [0.3, 0.4) is 0 Å². The Hall–Kier alpha value is -3.25. The maximum Gasteiger partial charge on any atom is 0.236 e. The second-order valence-electron chi connectivity index (χ2n) is 11.2. The van der Waals surface area contributed by atoms with Gasteiger partial charge in [0.1, 0.15) is 6.23 Å². The maximum absolute atomic E-state index is 13.7. The van der Waals surface area contributed by atoms with Gasteiger partial charge in [-0.3, -0.25) is 24.2 Å². The smallest absolute Gasteiger partial charge is 0.236 e. The summed E-state index contributed by atoms with van der Waals surface area (Å²) in [5.74, 6) is -0.682. The van der Waals surface area contributed by atoms with E-state index in [-0.39, 0.29) is 59.5 Å². The molecule has 4 aliphatic heterocycles. The molecule has 0 aromatic heterocycles. The number of Topliss-reactive ketones (excluding diaryl/α,β-unsaturated/α-hetero) is 2. The minimum atomic E-state index is -0.964. The molecule has 7 atom stereocenters. The van der Waals surface area contributed by atoms with Crippen molar-refractivity contribution in [2.75, 3.05) is 20.8 Å². The van der Waals surface area contributed by atoms with Crippen molar-refractivity contribution < 1.29 is 34.1 Å². The molecule has 1 aromatic rings. The van der Waals surface area contributed by atoms with Gasteiger partial charge in [0.2, 0.25) is 11.7 Å². The number of nitrogens with one attached hydrogen (secondary N) is 1. The predicted octanol–water partition coefficient (Wildman–Crippen LogP) is 0.486. The number of fused-ring (bicyclic) bond motifs is 5. The molecule has 2 saturated heterocycles. The molecule has 208 valence electrons. The van der Waals surface area contributed by atoms with Crippen molar-refractivity contribution in [2.45, 2.75) is 76.1 Å². The van der Waals surface area contributed by atoms with Crippen LogP contribution in [0.2, 0.25) is 0 Å².